The maximum absolute atomic E-state index is 14.8. The largest absolute Gasteiger partial charge is 0.478 e. The second-order valence-electron chi connectivity index (χ2n) is 9.74. The number of anilines is 1. The zero-order valence-corrected chi connectivity index (χ0v) is 22.8. The molecule has 1 atom stereocenters. The number of nitrogens with zero attached hydrogens (tertiary/aromatic N) is 1. The van der Waals surface area contributed by atoms with Crippen molar-refractivity contribution in [1.82, 2.24) is 0 Å². The number of aliphatic hydroxyl groups excluding tert-OH is 1. The van der Waals surface area contributed by atoms with E-state index in [-0.39, 0.29) is 41.6 Å². The van der Waals surface area contributed by atoms with Crippen LogP contribution in [0.2, 0.25) is 0 Å². The molecule has 0 saturated heterocycles. The van der Waals surface area contributed by atoms with Crippen molar-refractivity contribution in [2.45, 2.75) is 37.0 Å². The Balaban J connectivity index is 0.00000259. The van der Waals surface area contributed by atoms with E-state index >= 15 is 0 Å². The summed E-state index contributed by atoms with van der Waals surface area (Å²) in [6.07, 6.45) is -9.42. The number of nitrogens with one attached hydrogen (secondary N) is 1. The number of carboxylic acid groups (broad SMARTS) is 1. The van der Waals surface area contributed by atoms with Crippen LogP contribution in [0.25, 0.3) is 0 Å². The van der Waals surface area contributed by atoms with Crippen LogP contribution in [0.4, 0.5) is 36.4 Å². The number of halogens is 7. The summed E-state index contributed by atoms with van der Waals surface area (Å²) in [5.74, 6) is 1.03. The first-order valence-electron chi connectivity index (χ1n) is 12.7. The fraction of sp³-hybridized carbons (Fsp3) is 0.258. The molecule has 0 heterocycles. The molecule has 1 fully saturated rings. The van der Waals surface area contributed by atoms with Crippen molar-refractivity contribution in [3.05, 3.63) is 99.9 Å². The molecule has 0 bridgehead atoms. The molecule has 0 spiro atoms. The molecule has 0 aromatic heterocycles. The Kier molecular flexibility index (Phi) is 10.1. The molecule has 230 valence electrons. The molecule has 44 heavy (non-hydrogen) atoms. The lowest BCUT2D eigenvalue weighted by Crippen LogP contribution is -2.27. The van der Waals surface area contributed by atoms with Gasteiger partial charge in [-0.3, -0.25) is 4.79 Å². The Labute approximate surface area is 246 Å². The van der Waals surface area contributed by atoms with Crippen LogP contribution in [0.1, 0.15) is 57.4 Å². The van der Waals surface area contributed by atoms with Gasteiger partial charge in [0, 0.05) is 18.4 Å². The first-order chi connectivity index (χ1) is 20.6. The van der Waals surface area contributed by atoms with Crippen molar-refractivity contribution in [2.24, 2.45) is 5.92 Å². The van der Waals surface area contributed by atoms with E-state index in [1.54, 1.807) is 0 Å². The third kappa shape index (κ3) is 7.94. The molecular formula is C31H23F7N2O4. The molecule has 0 aliphatic heterocycles. The van der Waals surface area contributed by atoms with Crippen LogP contribution in [0.15, 0.2) is 60.7 Å². The average Bonchev–Trinajstić information content (AvgIpc) is 3.76. The second-order valence-corrected chi connectivity index (χ2v) is 9.74. The van der Waals surface area contributed by atoms with E-state index in [4.69, 9.17) is 15.5 Å². The van der Waals surface area contributed by atoms with Gasteiger partial charge >= 0.3 is 18.3 Å². The minimum atomic E-state index is -4.90. The van der Waals surface area contributed by atoms with Gasteiger partial charge in [0.15, 0.2) is 0 Å². The van der Waals surface area contributed by atoms with Gasteiger partial charge in [-0.2, -0.15) is 31.6 Å². The highest BCUT2D eigenvalue weighted by molar-refractivity contribution is 5.95. The summed E-state index contributed by atoms with van der Waals surface area (Å²) in [6, 6.07) is 11.2. The van der Waals surface area contributed by atoms with Gasteiger partial charge in [0.2, 0.25) is 5.91 Å². The highest BCUT2D eigenvalue weighted by atomic mass is 19.4. The topological polar surface area (TPSA) is 110 Å². The van der Waals surface area contributed by atoms with Gasteiger partial charge in [0.05, 0.1) is 28.3 Å². The monoisotopic (exact) mass is 620 g/mol. The Bertz CT molecular complexity index is 1640. The fourth-order valence-corrected chi connectivity index (χ4v) is 4.49. The number of rotatable bonds is 6. The van der Waals surface area contributed by atoms with Crippen LogP contribution in [0.5, 0.6) is 0 Å². The van der Waals surface area contributed by atoms with Crippen LogP contribution in [0.3, 0.4) is 0 Å². The maximum Gasteiger partial charge on any atom is 0.417 e. The molecule has 6 nitrogen and oxygen atoms in total. The first-order valence-corrected chi connectivity index (χ1v) is 12.7. The number of carbonyl (C=O) groups is 2. The maximum atomic E-state index is 14.8. The highest BCUT2D eigenvalue weighted by Crippen LogP contribution is 2.54. The van der Waals surface area contributed by atoms with Gasteiger partial charge in [-0.25, -0.2) is 9.18 Å². The smallest absolute Gasteiger partial charge is 0.417 e. The fourth-order valence-electron chi connectivity index (χ4n) is 4.49. The predicted molar refractivity (Wildman–Crippen MR) is 144 cm³/mol. The summed E-state index contributed by atoms with van der Waals surface area (Å²) in [4.78, 5) is 24.4. The number of carbonyl (C=O) groups excluding carboxylic acids is 1. The summed E-state index contributed by atoms with van der Waals surface area (Å²) >= 11 is 0. The van der Waals surface area contributed by atoms with Crippen molar-refractivity contribution < 1.29 is 50.5 Å². The van der Waals surface area contributed by atoms with Gasteiger partial charge in [-0.1, -0.05) is 11.8 Å². The van der Waals surface area contributed by atoms with Crippen LogP contribution >= 0.6 is 0 Å². The molecule has 13 heteroatoms. The van der Waals surface area contributed by atoms with Gasteiger partial charge < -0.3 is 15.5 Å². The van der Waals surface area contributed by atoms with Gasteiger partial charge in [0.25, 0.3) is 0 Å². The average molecular weight is 621 g/mol. The second kappa shape index (κ2) is 13.2. The standard InChI is InChI=1S/C30H19F7N2O3.CH4O/c31-25-10-8-21(29(32,33)34)13-24(25)28(11-12-28)15-19(6-3-17-1-4-18(5-2-17)27(41)42)26(40)39-22-9-7-20(16-38)23(14-22)30(35,36)37;1-2/h1-2,4-5,7-10,13-14,19H,11-12,15H2,(H,39,40)(H,41,42);2H,1H3. The molecule has 1 amide bonds. The number of aliphatic hydroxyl groups is 1. The van der Waals surface area contributed by atoms with Crippen molar-refractivity contribution in [3.8, 4) is 17.9 Å². The Morgan fingerprint density at radius 2 is 1.59 bits per heavy atom. The summed E-state index contributed by atoms with van der Waals surface area (Å²) in [5, 5.41) is 27.4. The zero-order valence-electron chi connectivity index (χ0n) is 22.8. The number of aromatic carboxylic acids is 1. The Morgan fingerprint density at radius 1 is 0.955 bits per heavy atom. The van der Waals surface area contributed by atoms with Crippen molar-refractivity contribution in [1.29, 1.82) is 5.26 Å². The predicted octanol–water partition coefficient (Wildman–Crippen LogP) is 6.77. The van der Waals surface area contributed by atoms with E-state index in [2.05, 4.69) is 17.2 Å². The van der Waals surface area contributed by atoms with Crippen molar-refractivity contribution in [2.75, 3.05) is 12.4 Å². The number of hydrogen-bond donors (Lipinski definition) is 3. The molecule has 4 rings (SSSR count). The summed E-state index contributed by atoms with van der Waals surface area (Å²) < 4.78 is 95.1. The molecule has 1 aliphatic rings. The van der Waals surface area contributed by atoms with Crippen LogP contribution < -0.4 is 5.32 Å². The first kappa shape index (κ1) is 33.6. The number of alkyl halides is 6. The summed E-state index contributed by atoms with van der Waals surface area (Å²) in [6.45, 7) is 0. The van der Waals surface area contributed by atoms with E-state index in [9.17, 15) is 40.3 Å². The van der Waals surface area contributed by atoms with E-state index in [1.807, 2.05) is 0 Å². The molecule has 0 radical (unpaired) electrons. The third-order valence-electron chi connectivity index (χ3n) is 6.87. The molecule has 1 unspecified atom stereocenters. The Hall–Kier alpha value is -4.88. The van der Waals surface area contributed by atoms with Gasteiger partial charge in [-0.15, -0.1) is 0 Å². The lowest BCUT2D eigenvalue weighted by Gasteiger charge is -2.22. The lowest BCUT2D eigenvalue weighted by atomic mass is 9.84. The normalized spacial score (nSPS) is 14.1. The minimum absolute atomic E-state index is 0.0342. The molecular weight excluding hydrogens is 597 g/mol. The van der Waals surface area contributed by atoms with E-state index in [0.717, 1.165) is 19.2 Å². The Morgan fingerprint density at radius 3 is 2.11 bits per heavy atom. The van der Waals surface area contributed by atoms with Crippen molar-refractivity contribution in [3.63, 3.8) is 0 Å². The lowest BCUT2D eigenvalue weighted by molar-refractivity contribution is -0.138. The van der Waals surface area contributed by atoms with E-state index < -0.39 is 58.1 Å². The molecule has 3 aromatic carbocycles. The highest BCUT2D eigenvalue weighted by Gasteiger charge is 2.49. The number of carboxylic acids is 1. The zero-order chi connectivity index (χ0) is 32.9. The molecule has 1 aliphatic carbocycles. The quantitative estimate of drug-likeness (QED) is 0.208. The molecule has 3 aromatic rings. The van der Waals surface area contributed by atoms with Crippen LogP contribution in [0, 0.1) is 34.9 Å². The number of amides is 1. The number of nitriles is 1. The summed E-state index contributed by atoms with van der Waals surface area (Å²) in [5.41, 5.74) is -4.52. The molecule has 1 saturated carbocycles. The summed E-state index contributed by atoms with van der Waals surface area (Å²) in [7, 11) is 1.00. The van der Waals surface area contributed by atoms with E-state index in [0.29, 0.717) is 24.3 Å². The van der Waals surface area contributed by atoms with Crippen LogP contribution in [-0.2, 0) is 22.6 Å². The van der Waals surface area contributed by atoms with Crippen LogP contribution in [-0.4, -0.2) is 29.2 Å². The van der Waals surface area contributed by atoms with Crippen molar-refractivity contribution >= 4 is 17.6 Å². The van der Waals surface area contributed by atoms with E-state index in [1.165, 1.54) is 30.3 Å². The number of hydrogen-bond acceptors (Lipinski definition) is 4. The number of benzene rings is 3. The molecule has 3 N–H and O–H groups in total. The minimum Gasteiger partial charge on any atom is -0.478 e. The SMILES string of the molecule is CO.N#Cc1ccc(NC(=O)C(C#Cc2ccc(C(=O)O)cc2)CC2(c3cc(C(F)(F)F)ccc3F)CC2)cc1C(F)(F)F. The third-order valence-corrected chi connectivity index (χ3v) is 6.87. The van der Waals surface area contributed by atoms with Gasteiger partial charge in [0.1, 0.15) is 11.7 Å². The van der Waals surface area contributed by atoms with Gasteiger partial charge in [-0.05, 0) is 90.9 Å².